The molecule has 2 rings (SSSR count). The SMILES string of the molecule is CC(C)(C)C1CCC2CC(=O)CC1C2. The van der Waals surface area contributed by atoms with Gasteiger partial charge in [-0.25, -0.2) is 0 Å². The van der Waals surface area contributed by atoms with E-state index in [1.54, 1.807) is 0 Å². The fourth-order valence-electron chi connectivity index (χ4n) is 3.61. The van der Waals surface area contributed by atoms with E-state index in [0.29, 0.717) is 17.1 Å². The number of ketones is 1. The summed E-state index contributed by atoms with van der Waals surface area (Å²) in [5.41, 5.74) is 0.396. The van der Waals surface area contributed by atoms with E-state index < -0.39 is 0 Å². The number of hydrogen-bond acceptors (Lipinski definition) is 1. The van der Waals surface area contributed by atoms with Gasteiger partial charge in [0.1, 0.15) is 5.78 Å². The van der Waals surface area contributed by atoms with Crippen molar-refractivity contribution in [3.05, 3.63) is 0 Å². The molecule has 0 aromatic carbocycles. The van der Waals surface area contributed by atoms with Gasteiger partial charge in [0.15, 0.2) is 0 Å². The van der Waals surface area contributed by atoms with Crippen molar-refractivity contribution < 1.29 is 4.79 Å². The topological polar surface area (TPSA) is 17.1 Å². The Morgan fingerprint density at radius 3 is 2.50 bits per heavy atom. The molecule has 3 unspecified atom stereocenters. The monoisotopic (exact) mass is 194 g/mol. The lowest BCUT2D eigenvalue weighted by atomic mass is 9.59. The summed E-state index contributed by atoms with van der Waals surface area (Å²) in [6.07, 6.45) is 5.73. The summed E-state index contributed by atoms with van der Waals surface area (Å²) in [5, 5.41) is 0. The second-order valence-corrected chi connectivity index (χ2v) is 6.36. The van der Waals surface area contributed by atoms with Crippen LogP contribution in [0.1, 0.15) is 52.9 Å². The Kier molecular flexibility index (Phi) is 2.45. The molecule has 2 aliphatic rings. The quantitative estimate of drug-likeness (QED) is 0.577. The van der Waals surface area contributed by atoms with Crippen molar-refractivity contribution in [1.82, 2.24) is 0 Å². The van der Waals surface area contributed by atoms with Crippen LogP contribution in [0.3, 0.4) is 0 Å². The molecule has 0 heterocycles. The molecule has 2 saturated carbocycles. The molecule has 0 spiro atoms. The number of hydrogen-bond donors (Lipinski definition) is 0. The highest BCUT2D eigenvalue weighted by Crippen LogP contribution is 2.48. The lowest BCUT2D eigenvalue weighted by Crippen LogP contribution is -2.38. The zero-order valence-corrected chi connectivity index (χ0v) is 9.68. The lowest BCUT2D eigenvalue weighted by molar-refractivity contribution is -0.126. The van der Waals surface area contributed by atoms with Gasteiger partial charge in [0.2, 0.25) is 0 Å². The molecule has 2 fully saturated rings. The molecule has 0 aromatic heterocycles. The van der Waals surface area contributed by atoms with E-state index in [9.17, 15) is 4.79 Å². The minimum absolute atomic E-state index is 0.396. The molecule has 2 bridgehead atoms. The van der Waals surface area contributed by atoms with Crippen LogP contribution >= 0.6 is 0 Å². The molecule has 0 radical (unpaired) electrons. The van der Waals surface area contributed by atoms with E-state index >= 15 is 0 Å². The van der Waals surface area contributed by atoms with Crippen molar-refractivity contribution in [3.63, 3.8) is 0 Å². The second-order valence-electron chi connectivity index (χ2n) is 6.36. The Balaban J connectivity index is 2.12. The maximum Gasteiger partial charge on any atom is 0.133 e. The van der Waals surface area contributed by atoms with Crippen LogP contribution in [-0.4, -0.2) is 5.78 Å². The van der Waals surface area contributed by atoms with Gasteiger partial charge < -0.3 is 0 Å². The zero-order chi connectivity index (χ0) is 10.3. The first-order valence-corrected chi connectivity index (χ1v) is 5.98. The molecule has 0 amide bonds. The minimum Gasteiger partial charge on any atom is -0.300 e. The molecule has 0 saturated heterocycles. The number of fused-ring (bicyclic) bond motifs is 2. The molecule has 1 heteroatoms. The first-order valence-electron chi connectivity index (χ1n) is 5.98. The van der Waals surface area contributed by atoms with Crippen LogP contribution in [0.5, 0.6) is 0 Å². The Morgan fingerprint density at radius 2 is 1.86 bits per heavy atom. The van der Waals surface area contributed by atoms with Crippen LogP contribution in [-0.2, 0) is 4.79 Å². The summed E-state index contributed by atoms with van der Waals surface area (Å²) < 4.78 is 0. The summed E-state index contributed by atoms with van der Waals surface area (Å²) in [5.74, 6) is 2.75. The van der Waals surface area contributed by atoms with E-state index in [1.165, 1.54) is 19.3 Å². The molecule has 3 atom stereocenters. The highest BCUT2D eigenvalue weighted by Gasteiger charge is 2.41. The van der Waals surface area contributed by atoms with Crippen molar-refractivity contribution in [2.24, 2.45) is 23.2 Å². The largest absolute Gasteiger partial charge is 0.300 e. The molecule has 0 N–H and O–H groups in total. The van der Waals surface area contributed by atoms with Crippen LogP contribution < -0.4 is 0 Å². The number of carbonyl (C=O) groups excluding carboxylic acids is 1. The Morgan fingerprint density at radius 1 is 1.14 bits per heavy atom. The third-order valence-electron chi connectivity index (χ3n) is 4.21. The molecule has 14 heavy (non-hydrogen) atoms. The predicted octanol–water partition coefficient (Wildman–Crippen LogP) is 3.43. The van der Waals surface area contributed by atoms with Crippen molar-refractivity contribution in [2.75, 3.05) is 0 Å². The molecule has 2 aliphatic carbocycles. The van der Waals surface area contributed by atoms with E-state index in [2.05, 4.69) is 20.8 Å². The van der Waals surface area contributed by atoms with Gasteiger partial charge in [-0.05, 0) is 42.4 Å². The van der Waals surface area contributed by atoms with Crippen molar-refractivity contribution in [2.45, 2.75) is 52.9 Å². The summed E-state index contributed by atoms with van der Waals surface area (Å²) in [6.45, 7) is 6.99. The first kappa shape index (κ1) is 10.2. The number of rotatable bonds is 0. The zero-order valence-electron chi connectivity index (χ0n) is 9.68. The molecule has 1 nitrogen and oxygen atoms in total. The van der Waals surface area contributed by atoms with E-state index in [1.807, 2.05) is 0 Å². The predicted molar refractivity (Wildman–Crippen MR) is 58.0 cm³/mol. The van der Waals surface area contributed by atoms with Gasteiger partial charge in [-0.3, -0.25) is 4.79 Å². The van der Waals surface area contributed by atoms with Crippen LogP contribution in [0.25, 0.3) is 0 Å². The summed E-state index contributed by atoms with van der Waals surface area (Å²) in [4.78, 5) is 11.5. The van der Waals surface area contributed by atoms with Crippen LogP contribution in [0.2, 0.25) is 0 Å². The van der Waals surface area contributed by atoms with Gasteiger partial charge in [-0.2, -0.15) is 0 Å². The van der Waals surface area contributed by atoms with E-state index in [-0.39, 0.29) is 0 Å². The van der Waals surface area contributed by atoms with Gasteiger partial charge in [-0.15, -0.1) is 0 Å². The van der Waals surface area contributed by atoms with Crippen molar-refractivity contribution in [1.29, 1.82) is 0 Å². The smallest absolute Gasteiger partial charge is 0.133 e. The second kappa shape index (κ2) is 3.36. The van der Waals surface area contributed by atoms with Crippen LogP contribution in [0.4, 0.5) is 0 Å². The average Bonchev–Trinajstić information content (AvgIpc) is 2.00. The Hall–Kier alpha value is -0.330. The van der Waals surface area contributed by atoms with Crippen molar-refractivity contribution >= 4 is 5.78 Å². The maximum atomic E-state index is 11.5. The molecule has 0 aliphatic heterocycles. The van der Waals surface area contributed by atoms with Crippen molar-refractivity contribution in [3.8, 4) is 0 Å². The highest BCUT2D eigenvalue weighted by molar-refractivity contribution is 5.79. The molecular formula is C13H22O. The highest BCUT2D eigenvalue weighted by atomic mass is 16.1. The minimum atomic E-state index is 0.396. The average molecular weight is 194 g/mol. The first-order chi connectivity index (χ1) is 6.47. The Bertz CT molecular complexity index is 236. The normalized spacial score (nSPS) is 38.5. The van der Waals surface area contributed by atoms with Gasteiger partial charge in [0.25, 0.3) is 0 Å². The van der Waals surface area contributed by atoms with E-state index in [4.69, 9.17) is 0 Å². The maximum absolute atomic E-state index is 11.5. The molecule has 80 valence electrons. The van der Waals surface area contributed by atoms with Gasteiger partial charge >= 0.3 is 0 Å². The third-order valence-corrected chi connectivity index (χ3v) is 4.21. The summed E-state index contributed by atoms with van der Waals surface area (Å²) in [7, 11) is 0. The summed E-state index contributed by atoms with van der Waals surface area (Å²) in [6, 6.07) is 0. The van der Waals surface area contributed by atoms with Crippen LogP contribution in [0, 0.1) is 23.2 Å². The van der Waals surface area contributed by atoms with Gasteiger partial charge in [-0.1, -0.05) is 20.8 Å². The molecular weight excluding hydrogens is 172 g/mol. The number of carbonyl (C=O) groups is 1. The summed E-state index contributed by atoms with van der Waals surface area (Å²) >= 11 is 0. The van der Waals surface area contributed by atoms with Gasteiger partial charge in [0.05, 0.1) is 0 Å². The van der Waals surface area contributed by atoms with E-state index in [0.717, 1.165) is 24.7 Å². The van der Waals surface area contributed by atoms with Crippen LogP contribution in [0.15, 0.2) is 0 Å². The fourth-order valence-corrected chi connectivity index (χ4v) is 3.61. The Labute approximate surface area is 87.3 Å². The standard InChI is InChI=1S/C13H22O/c1-13(2,3)12-5-4-9-6-10(12)8-11(14)7-9/h9-10,12H,4-8H2,1-3H3. The number of Topliss-reactive ketones (excluding diaryl/α,β-unsaturated/α-hetero) is 1. The lowest BCUT2D eigenvalue weighted by Gasteiger charge is -2.45. The fraction of sp³-hybridized carbons (Fsp3) is 0.923. The van der Waals surface area contributed by atoms with Gasteiger partial charge in [0, 0.05) is 12.8 Å². The third kappa shape index (κ3) is 1.87. The molecule has 0 aromatic rings.